The quantitative estimate of drug-likeness (QED) is 0.0441. The summed E-state index contributed by atoms with van der Waals surface area (Å²) < 4.78 is 20.4. The van der Waals surface area contributed by atoms with E-state index in [1.165, 1.54) is 135 Å². The van der Waals surface area contributed by atoms with Crippen LogP contribution in [0.2, 0.25) is 0 Å². The largest absolute Gasteiger partial charge is 4.00 e. The van der Waals surface area contributed by atoms with E-state index < -0.39 is 10.7 Å². The Hall–Kier alpha value is -0.116. The summed E-state index contributed by atoms with van der Waals surface area (Å²) >= 11 is 0. The van der Waals surface area contributed by atoms with Crippen LogP contribution in [0.1, 0.15) is 196 Å². The molecular weight excluding hydrogens is 616 g/mol. The monoisotopic (exact) mass is 697 g/mol. The van der Waals surface area contributed by atoms with Crippen molar-refractivity contribution in [2.45, 2.75) is 201 Å². The second kappa shape index (κ2) is 44.9. The van der Waals surface area contributed by atoms with Crippen molar-refractivity contribution in [1.82, 2.24) is 0 Å². The maximum Gasteiger partial charge on any atom is 4.00 e. The second-order valence-corrected chi connectivity index (χ2v) is 15.0. The average molecular weight is 697 g/mol. The zero-order valence-electron chi connectivity index (χ0n) is 31.9. The molecule has 2 nitrogen and oxygen atoms in total. The minimum atomic E-state index is -2.08. The van der Waals surface area contributed by atoms with E-state index in [0.29, 0.717) is 4.90 Å². The van der Waals surface area contributed by atoms with Gasteiger partial charge in [0.2, 0.25) is 0 Å². The fourth-order valence-electron chi connectivity index (χ4n) is 4.84. The van der Waals surface area contributed by atoms with Gasteiger partial charge in [-0.2, -0.15) is 19.3 Å². The summed E-state index contributed by atoms with van der Waals surface area (Å²) in [6.45, 7) is 25.4. The van der Waals surface area contributed by atoms with E-state index in [0.717, 1.165) is 37.0 Å². The smallest absolute Gasteiger partial charge is 0.420 e. The number of benzene rings is 1. The summed E-state index contributed by atoms with van der Waals surface area (Å²) in [5.41, 5.74) is 0. The third kappa shape index (κ3) is 53.4. The number of rotatable bonds is 25. The van der Waals surface area contributed by atoms with Crippen molar-refractivity contribution >= 4 is 10.7 Å². The van der Waals surface area contributed by atoms with E-state index in [2.05, 4.69) is 62.3 Å². The molecule has 1 rings (SSSR count). The first kappa shape index (κ1) is 52.7. The summed E-state index contributed by atoms with van der Waals surface area (Å²) in [5, 5.41) is 0. The van der Waals surface area contributed by atoms with E-state index >= 15 is 0 Å². The van der Waals surface area contributed by atoms with Gasteiger partial charge in [0.15, 0.2) is 0 Å². The minimum Gasteiger partial charge on any atom is -0.420 e. The van der Waals surface area contributed by atoms with E-state index in [9.17, 15) is 8.42 Å². The normalized spacial score (nSPS) is 10.5. The Morgan fingerprint density at radius 1 is 0.435 bits per heavy atom. The van der Waals surface area contributed by atoms with Crippen molar-refractivity contribution in [3.05, 3.63) is 51.1 Å². The topological polar surface area (TPSA) is 34.1 Å². The van der Waals surface area contributed by atoms with Crippen LogP contribution in [0.3, 0.4) is 0 Å². The van der Waals surface area contributed by atoms with E-state index in [1.54, 1.807) is 30.3 Å². The van der Waals surface area contributed by atoms with Crippen LogP contribution in [0.5, 0.6) is 0 Å². The number of hydrogen-bond donors (Lipinski definition) is 0. The van der Waals surface area contributed by atoms with Crippen LogP contribution < -0.4 is 0 Å². The fourth-order valence-corrected chi connectivity index (χ4v) is 5.22. The molecule has 0 bridgehead atoms. The van der Waals surface area contributed by atoms with Gasteiger partial charge in [0.05, 0.1) is 0 Å². The molecule has 1 aromatic rings. The van der Waals surface area contributed by atoms with Crippen molar-refractivity contribution < 1.29 is 30.1 Å². The van der Waals surface area contributed by atoms with Gasteiger partial charge in [-0.1, -0.05) is 212 Å². The maximum atomic E-state index is 10.2. The molecule has 0 N–H and O–H groups in total. The van der Waals surface area contributed by atoms with Crippen molar-refractivity contribution in [3.63, 3.8) is 0 Å². The molecule has 4 heteroatoms. The molecule has 0 atom stereocenters. The Labute approximate surface area is 308 Å². The maximum absolute atomic E-state index is 10.2. The van der Waals surface area contributed by atoms with Gasteiger partial charge in [-0.3, -0.25) is 0 Å². The Kier molecular flexibility index (Phi) is 51.4. The van der Waals surface area contributed by atoms with Gasteiger partial charge in [0.1, 0.15) is 0 Å². The molecule has 0 saturated heterocycles. The number of hydrogen-bond acceptors (Lipinski definition) is 3. The average Bonchev–Trinajstić information content (AvgIpc) is 3.01. The van der Waals surface area contributed by atoms with Gasteiger partial charge in [-0.15, -0.1) is 0 Å². The summed E-state index contributed by atoms with van der Waals surface area (Å²) in [6.07, 6.45) is 32.9. The molecule has 0 heterocycles. The summed E-state index contributed by atoms with van der Waals surface area (Å²) in [6, 6.07) is 8.23. The molecule has 0 unspecified atom stereocenters. The molecule has 46 heavy (non-hydrogen) atoms. The molecule has 0 aliphatic heterocycles. The van der Waals surface area contributed by atoms with Crippen LogP contribution in [-0.4, -0.2) is 0 Å². The molecule has 1 aromatic carbocycles. The van der Waals surface area contributed by atoms with Gasteiger partial charge in [0, 0.05) is 0 Å². The summed E-state index contributed by atoms with van der Waals surface area (Å²) in [4.78, 5) is 0.331. The molecule has 0 radical (unpaired) electrons. The summed E-state index contributed by atoms with van der Waals surface area (Å²) in [7, 11) is -2.08. The Bertz CT molecular complexity index is 655. The predicted octanol–water partition coefficient (Wildman–Crippen LogP) is 15.1. The molecule has 0 spiro atoms. The molecule has 0 aliphatic rings. The fraction of sp³-hybridized carbons (Fsp3) is 0.786. The second-order valence-electron chi connectivity index (χ2n) is 14.0. The van der Waals surface area contributed by atoms with Crippen molar-refractivity contribution in [3.8, 4) is 0 Å². The Balaban J connectivity index is -0.000000255. The van der Waals surface area contributed by atoms with Gasteiger partial charge in [0.25, 0.3) is 0 Å². The first-order chi connectivity index (χ1) is 21.6. The zero-order valence-corrected chi connectivity index (χ0v) is 34.3. The van der Waals surface area contributed by atoms with Gasteiger partial charge < -0.3 is 29.2 Å². The van der Waals surface area contributed by atoms with Crippen molar-refractivity contribution in [1.29, 1.82) is 0 Å². The van der Waals surface area contributed by atoms with Gasteiger partial charge in [-0.05, 0) is 28.5 Å². The minimum absolute atomic E-state index is 0. The SMILES string of the molecule is O=[S-](=O)c1ccccc1.[CH2-]CCCCCCCCC(C)C.[CH2-]CCCCCCCCC(C)C.[CH2-]CCCCCCCCC(C)C.[Ti+4]. The molecule has 270 valence electrons. The Morgan fingerprint density at radius 3 is 0.870 bits per heavy atom. The standard InChI is InChI=1S/3C12H25.C6H5O2S.Ti/c3*1-4-5-6-7-8-9-10-11-12(2)3;7-9(8)6-4-2-1-3-5-6;/h3*12H,1,4-11H2,2-3H3;1-5H;/q4*-1;+4. The van der Waals surface area contributed by atoms with Gasteiger partial charge >= 0.3 is 21.7 Å². The third-order valence-corrected chi connectivity index (χ3v) is 8.44. The third-order valence-electron chi connectivity index (χ3n) is 7.78. The van der Waals surface area contributed by atoms with E-state index in [4.69, 9.17) is 0 Å². The molecule has 0 fully saturated rings. The molecular formula is C42H80O2STi. The summed E-state index contributed by atoms with van der Waals surface area (Å²) in [5.74, 6) is 2.68. The van der Waals surface area contributed by atoms with E-state index in [1.807, 2.05) is 0 Å². The first-order valence-corrected chi connectivity index (χ1v) is 20.2. The van der Waals surface area contributed by atoms with Crippen LogP contribution in [0, 0.1) is 38.5 Å². The van der Waals surface area contributed by atoms with Crippen LogP contribution in [0.4, 0.5) is 0 Å². The van der Waals surface area contributed by atoms with Crippen LogP contribution >= 0.6 is 0 Å². The van der Waals surface area contributed by atoms with E-state index in [-0.39, 0.29) is 21.7 Å². The van der Waals surface area contributed by atoms with Crippen LogP contribution in [-0.2, 0) is 40.8 Å². The zero-order chi connectivity index (χ0) is 34.4. The van der Waals surface area contributed by atoms with Crippen molar-refractivity contribution in [2.75, 3.05) is 0 Å². The Morgan fingerprint density at radius 2 is 0.674 bits per heavy atom. The predicted molar refractivity (Wildman–Crippen MR) is 205 cm³/mol. The van der Waals surface area contributed by atoms with Crippen LogP contribution in [0.25, 0.3) is 0 Å². The van der Waals surface area contributed by atoms with Crippen LogP contribution in [0.15, 0.2) is 35.2 Å². The molecule has 0 amide bonds. The molecule has 0 saturated carbocycles. The molecule has 0 aliphatic carbocycles. The number of unbranched alkanes of at least 4 members (excludes halogenated alkanes) is 18. The first-order valence-electron chi connectivity index (χ1n) is 19.1. The van der Waals surface area contributed by atoms with Gasteiger partial charge in [-0.25, -0.2) is 0 Å². The van der Waals surface area contributed by atoms with Crippen molar-refractivity contribution in [2.24, 2.45) is 17.8 Å². The molecule has 0 aromatic heterocycles.